The molecule has 0 saturated heterocycles. The van der Waals surface area contributed by atoms with Gasteiger partial charge in [0.2, 0.25) is 5.91 Å². The Morgan fingerprint density at radius 2 is 2.21 bits per heavy atom. The summed E-state index contributed by atoms with van der Waals surface area (Å²) in [5.74, 6) is 0.514. The van der Waals surface area contributed by atoms with Crippen molar-refractivity contribution in [2.45, 2.75) is 25.7 Å². The van der Waals surface area contributed by atoms with Crippen LogP contribution in [0.3, 0.4) is 0 Å². The molecule has 1 saturated carbocycles. The van der Waals surface area contributed by atoms with Gasteiger partial charge in [-0.1, -0.05) is 41.4 Å². The highest BCUT2D eigenvalue weighted by atomic mass is 35.5. The molecule has 2 atom stereocenters. The largest absolute Gasteiger partial charge is 0.356 e. The molecule has 4 heteroatoms. The normalized spacial score (nSPS) is 21.6. The number of halogens is 2. The highest BCUT2D eigenvalue weighted by molar-refractivity contribution is 6.42. The summed E-state index contributed by atoms with van der Waals surface area (Å²) >= 11 is 11.9. The zero-order valence-corrected chi connectivity index (χ0v) is 12.3. The second-order valence-corrected chi connectivity index (χ2v) is 5.59. The highest BCUT2D eigenvalue weighted by Crippen LogP contribution is 2.48. The van der Waals surface area contributed by atoms with Gasteiger partial charge in [0, 0.05) is 12.5 Å². The predicted molar refractivity (Wildman–Crippen MR) is 79.8 cm³/mol. The van der Waals surface area contributed by atoms with E-state index in [9.17, 15) is 4.79 Å². The van der Waals surface area contributed by atoms with Crippen molar-refractivity contribution in [3.63, 3.8) is 0 Å². The van der Waals surface area contributed by atoms with Gasteiger partial charge in [-0.15, -0.1) is 0 Å². The van der Waals surface area contributed by atoms with Gasteiger partial charge >= 0.3 is 0 Å². The third-order valence-corrected chi connectivity index (χ3v) is 4.08. The molecule has 1 N–H and O–H groups in total. The molecule has 0 bridgehead atoms. The number of allylic oxidation sites excluding steroid dienone is 1. The predicted octanol–water partition coefficient (Wildman–Crippen LogP) is 4.18. The third-order valence-electron chi connectivity index (χ3n) is 3.34. The summed E-state index contributed by atoms with van der Waals surface area (Å²) in [6.07, 6.45) is 5.81. The third kappa shape index (κ3) is 3.74. The molecule has 0 aliphatic heterocycles. The van der Waals surface area contributed by atoms with Crippen LogP contribution in [-0.2, 0) is 4.79 Å². The average Bonchev–Trinajstić information content (AvgIpc) is 3.18. The Morgan fingerprint density at radius 1 is 1.42 bits per heavy atom. The minimum atomic E-state index is 0.0860. The summed E-state index contributed by atoms with van der Waals surface area (Å²) in [4.78, 5) is 11.9. The van der Waals surface area contributed by atoms with E-state index in [4.69, 9.17) is 23.2 Å². The number of nitrogens with one attached hydrogen (secondary N) is 1. The highest BCUT2D eigenvalue weighted by Gasteiger charge is 2.43. The van der Waals surface area contributed by atoms with Crippen LogP contribution in [0.1, 0.15) is 31.2 Å². The van der Waals surface area contributed by atoms with E-state index in [1.54, 1.807) is 6.07 Å². The van der Waals surface area contributed by atoms with Crippen LogP contribution < -0.4 is 5.32 Å². The maximum Gasteiger partial charge on any atom is 0.223 e. The smallest absolute Gasteiger partial charge is 0.223 e. The number of carbonyl (C=O) groups is 1. The maximum absolute atomic E-state index is 11.9. The van der Waals surface area contributed by atoms with Crippen molar-refractivity contribution in [1.82, 2.24) is 5.32 Å². The topological polar surface area (TPSA) is 29.1 Å². The molecule has 2 nitrogen and oxygen atoms in total. The molecule has 2 unspecified atom stereocenters. The summed E-state index contributed by atoms with van der Waals surface area (Å²) in [5.41, 5.74) is 1.10. The van der Waals surface area contributed by atoms with Crippen molar-refractivity contribution >= 4 is 29.1 Å². The monoisotopic (exact) mass is 297 g/mol. The van der Waals surface area contributed by atoms with E-state index in [1.807, 2.05) is 31.2 Å². The summed E-state index contributed by atoms with van der Waals surface area (Å²) in [5, 5.41) is 4.06. The lowest BCUT2D eigenvalue weighted by Gasteiger charge is -2.04. The van der Waals surface area contributed by atoms with Crippen LogP contribution in [0, 0.1) is 5.92 Å². The molecule has 1 aromatic rings. The second kappa shape index (κ2) is 6.44. The molecule has 0 heterocycles. The number of carbonyl (C=O) groups excluding carboxylic acids is 1. The van der Waals surface area contributed by atoms with Crippen molar-refractivity contribution in [3.8, 4) is 0 Å². The Kier molecular flexibility index (Phi) is 4.89. The van der Waals surface area contributed by atoms with E-state index in [0.29, 0.717) is 16.6 Å². The minimum Gasteiger partial charge on any atom is -0.356 e. The Morgan fingerprint density at radius 3 is 2.89 bits per heavy atom. The Bertz CT molecular complexity index is 499. The standard InChI is InChI=1S/C15H17Cl2NO/c1-2-3-4-7-18-15(19)12-9-11(12)10-5-6-13(16)14(17)8-10/h2-3,5-6,8,11-12H,4,7,9H2,1H3,(H,18,19)/b3-2+. The molecule has 0 radical (unpaired) electrons. The molecule has 1 aromatic carbocycles. The quantitative estimate of drug-likeness (QED) is 0.641. The van der Waals surface area contributed by atoms with Crippen LogP contribution in [0.2, 0.25) is 10.0 Å². The van der Waals surface area contributed by atoms with E-state index in [1.165, 1.54) is 0 Å². The fourth-order valence-electron chi connectivity index (χ4n) is 2.17. The van der Waals surface area contributed by atoms with Gasteiger partial charge in [-0.25, -0.2) is 0 Å². The first-order valence-electron chi connectivity index (χ1n) is 6.47. The van der Waals surface area contributed by atoms with Crippen molar-refractivity contribution in [1.29, 1.82) is 0 Å². The van der Waals surface area contributed by atoms with Crippen molar-refractivity contribution in [3.05, 3.63) is 46.0 Å². The number of rotatable bonds is 5. The lowest BCUT2D eigenvalue weighted by Crippen LogP contribution is -2.26. The summed E-state index contributed by atoms with van der Waals surface area (Å²) in [6.45, 7) is 2.68. The van der Waals surface area contributed by atoms with Crippen LogP contribution in [0.25, 0.3) is 0 Å². The van der Waals surface area contributed by atoms with Crippen LogP contribution >= 0.6 is 23.2 Å². The molecule has 2 rings (SSSR count). The number of hydrogen-bond acceptors (Lipinski definition) is 1. The van der Waals surface area contributed by atoms with Gasteiger partial charge in [0.25, 0.3) is 0 Å². The molecule has 1 amide bonds. The van der Waals surface area contributed by atoms with Crippen molar-refractivity contribution in [2.24, 2.45) is 5.92 Å². The molecule has 19 heavy (non-hydrogen) atoms. The molecule has 1 aliphatic rings. The molecule has 0 spiro atoms. The minimum absolute atomic E-state index is 0.0860. The van der Waals surface area contributed by atoms with Gasteiger partial charge < -0.3 is 5.32 Å². The molecule has 1 fully saturated rings. The molecule has 102 valence electrons. The SMILES string of the molecule is C/C=C/CCNC(=O)C1CC1c1ccc(Cl)c(Cl)c1. The zero-order chi connectivity index (χ0) is 13.8. The van der Waals surface area contributed by atoms with E-state index in [-0.39, 0.29) is 17.7 Å². The van der Waals surface area contributed by atoms with Crippen LogP contribution in [0.5, 0.6) is 0 Å². The lowest BCUT2D eigenvalue weighted by atomic mass is 10.1. The van der Waals surface area contributed by atoms with Gasteiger partial charge in [-0.3, -0.25) is 4.79 Å². The number of hydrogen-bond donors (Lipinski definition) is 1. The lowest BCUT2D eigenvalue weighted by molar-refractivity contribution is -0.122. The van der Waals surface area contributed by atoms with Gasteiger partial charge in [-0.05, 0) is 43.4 Å². The Balaban J connectivity index is 1.86. The maximum atomic E-state index is 11.9. The van der Waals surface area contributed by atoms with E-state index >= 15 is 0 Å². The number of amides is 1. The fraction of sp³-hybridized carbons (Fsp3) is 0.400. The molecule has 1 aliphatic carbocycles. The molecule has 0 aromatic heterocycles. The Hall–Kier alpha value is -0.990. The average molecular weight is 298 g/mol. The van der Waals surface area contributed by atoms with Crippen molar-refractivity contribution < 1.29 is 4.79 Å². The van der Waals surface area contributed by atoms with E-state index in [2.05, 4.69) is 5.32 Å². The second-order valence-electron chi connectivity index (χ2n) is 4.77. The van der Waals surface area contributed by atoms with Crippen LogP contribution in [0.4, 0.5) is 0 Å². The summed E-state index contributed by atoms with van der Waals surface area (Å²) in [6, 6.07) is 5.60. The fourth-order valence-corrected chi connectivity index (χ4v) is 2.48. The molecular weight excluding hydrogens is 281 g/mol. The van der Waals surface area contributed by atoms with Crippen LogP contribution in [-0.4, -0.2) is 12.5 Å². The van der Waals surface area contributed by atoms with E-state index in [0.717, 1.165) is 18.4 Å². The van der Waals surface area contributed by atoms with Crippen molar-refractivity contribution in [2.75, 3.05) is 6.54 Å². The van der Waals surface area contributed by atoms with Gasteiger partial charge in [0.1, 0.15) is 0 Å². The van der Waals surface area contributed by atoms with Crippen LogP contribution in [0.15, 0.2) is 30.4 Å². The molecular formula is C15H17Cl2NO. The van der Waals surface area contributed by atoms with Gasteiger partial charge in [0.05, 0.1) is 10.0 Å². The zero-order valence-electron chi connectivity index (χ0n) is 10.8. The van der Waals surface area contributed by atoms with Gasteiger partial charge in [-0.2, -0.15) is 0 Å². The number of benzene rings is 1. The first-order valence-corrected chi connectivity index (χ1v) is 7.23. The Labute approximate surface area is 123 Å². The summed E-state index contributed by atoms with van der Waals surface area (Å²) in [7, 11) is 0. The van der Waals surface area contributed by atoms with Gasteiger partial charge in [0.15, 0.2) is 0 Å². The van der Waals surface area contributed by atoms with E-state index < -0.39 is 0 Å². The first-order chi connectivity index (χ1) is 9.13. The first kappa shape index (κ1) is 14.4. The summed E-state index contributed by atoms with van der Waals surface area (Å²) < 4.78 is 0.